The summed E-state index contributed by atoms with van der Waals surface area (Å²) in [6.07, 6.45) is 0. The molecule has 0 bridgehead atoms. The Labute approximate surface area is 111 Å². The van der Waals surface area contributed by atoms with E-state index in [1.165, 1.54) is 0 Å². The minimum Gasteiger partial charge on any atom is -0.399 e. The Bertz CT molecular complexity index is 726. The van der Waals surface area contributed by atoms with Crippen LogP contribution in [0.1, 0.15) is 6.92 Å². The molecule has 0 aliphatic heterocycles. The van der Waals surface area contributed by atoms with Crippen LogP contribution in [0, 0.1) is 0 Å². The summed E-state index contributed by atoms with van der Waals surface area (Å²) >= 11 is 0. The van der Waals surface area contributed by atoms with Crippen molar-refractivity contribution in [2.45, 2.75) is 13.5 Å². The van der Waals surface area contributed by atoms with Crippen molar-refractivity contribution in [1.82, 2.24) is 9.55 Å². The van der Waals surface area contributed by atoms with Gasteiger partial charge in [0.15, 0.2) is 0 Å². The summed E-state index contributed by atoms with van der Waals surface area (Å²) in [5, 5.41) is 0. The Morgan fingerprint density at radius 3 is 2.37 bits per heavy atom. The number of nitrogens with zero attached hydrogens (tertiary/aromatic N) is 2. The molecule has 4 nitrogen and oxygen atoms in total. The quantitative estimate of drug-likeness (QED) is 0.689. The third kappa shape index (κ3) is 1.91. The molecule has 0 unspecified atom stereocenters. The first kappa shape index (κ1) is 11.6. The van der Waals surface area contributed by atoms with Gasteiger partial charge in [0.05, 0.1) is 11.0 Å². The van der Waals surface area contributed by atoms with E-state index in [1.807, 2.05) is 42.5 Å². The molecule has 1 heterocycles. The Balaban J connectivity index is 2.25. The fourth-order valence-electron chi connectivity index (χ4n) is 2.32. The average Bonchev–Trinajstić information content (AvgIpc) is 2.77. The Hall–Kier alpha value is -2.49. The molecule has 3 aromatic rings. The second kappa shape index (κ2) is 4.31. The van der Waals surface area contributed by atoms with Crippen molar-refractivity contribution in [3.63, 3.8) is 0 Å². The summed E-state index contributed by atoms with van der Waals surface area (Å²) in [4.78, 5) is 4.69. The molecule has 0 amide bonds. The van der Waals surface area contributed by atoms with Gasteiger partial charge in [-0.2, -0.15) is 0 Å². The number of imidazole rings is 1. The van der Waals surface area contributed by atoms with Gasteiger partial charge in [0.25, 0.3) is 0 Å². The van der Waals surface area contributed by atoms with Crippen molar-refractivity contribution in [3.05, 3.63) is 42.5 Å². The largest absolute Gasteiger partial charge is 0.399 e. The predicted octanol–water partition coefficient (Wildman–Crippen LogP) is 2.89. The van der Waals surface area contributed by atoms with E-state index in [-0.39, 0.29) is 0 Å². The van der Waals surface area contributed by atoms with Crippen LogP contribution < -0.4 is 11.5 Å². The van der Waals surface area contributed by atoms with E-state index < -0.39 is 0 Å². The van der Waals surface area contributed by atoms with Crippen molar-refractivity contribution in [2.75, 3.05) is 11.5 Å². The number of nitrogens with two attached hydrogens (primary N) is 2. The predicted molar refractivity (Wildman–Crippen MR) is 79.7 cm³/mol. The lowest BCUT2D eigenvalue weighted by molar-refractivity contribution is 0.796. The zero-order chi connectivity index (χ0) is 13.4. The Kier molecular flexibility index (Phi) is 2.63. The SMILES string of the molecule is CCn1c(-c2ccc(N)cc2)nc2cc(N)ccc21. The van der Waals surface area contributed by atoms with Crippen LogP contribution in [-0.4, -0.2) is 9.55 Å². The molecule has 2 aromatic carbocycles. The van der Waals surface area contributed by atoms with Gasteiger partial charge in [-0.1, -0.05) is 0 Å². The molecule has 0 saturated carbocycles. The third-order valence-electron chi connectivity index (χ3n) is 3.26. The lowest BCUT2D eigenvalue weighted by Crippen LogP contribution is -1.97. The maximum absolute atomic E-state index is 5.82. The number of aromatic nitrogens is 2. The third-order valence-corrected chi connectivity index (χ3v) is 3.26. The second-order valence-corrected chi connectivity index (χ2v) is 4.55. The van der Waals surface area contributed by atoms with Crippen LogP contribution in [0.2, 0.25) is 0 Å². The van der Waals surface area contributed by atoms with Gasteiger partial charge in [-0.05, 0) is 49.4 Å². The number of anilines is 2. The fourth-order valence-corrected chi connectivity index (χ4v) is 2.32. The van der Waals surface area contributed by atoms with Gasteiger partial charge in [-0.25, -0.2) is 4.98 Å². The van der Waals surface area contributed by atoms with Gasteiger partial charge in [0.1, 0.15) is 5.82 Å². The number of hydrogen-bond acceptors (Lipinski definition) is 3. The molecule has 4 N–H and O–H groups in total. The van der Waals surface area contributed by atoms with Crippen LogP contribution in [0.3, 0.4) is 0 Å². The summed E-state index contributed by atoms with van der Waals surface area (Å²) in [6, 6.07) is 13.6. The van der Waals surface area contributed by atoms with E-state index in [0.29, 0.717) is 0 Å². The molecular formula is C15H16N4. The topological polar surface area (TPSA) is 69.9 Å². The van der Waals surface area contributed by atoms with Crippen molar-refractivity contribution in [2.24, 2.45) is 0 Å². The summed E-state index contributed by atoms with van der Waals surface area (Å²) in [7, 11) is 0. The zero-order valence-corrected chi connectivity index (χ0v) is 10.8. The van der Waals surface area contributed by atoms with Gasteiger partial charge in [-0.3, -0.25) is 0 Å². The normalized spacial score (nSPS) is 11.0. The molecule has 0 fully saturated rings. The Morgan fingerprint density at radius 1 is 1.00 bits per heavy atom. The van der Waals surface area contributed by atoms with Gasteiger partial charge < -0.3 is 16.0 Å². The minimum absolute atomic E-state index is 0.733. The molecule has 0 radical (unpaired) electrons. The summed E-state index contributed by atoms with van der Waals surface area (Å²) in [5.41, 5.74) is 16.1. The first-order chi connectivity index (χ1) is 9.19. The highest BCUT2D eigenvalue weighted by Crippen LogP contribution is 2.26. The van der Waals surface area contributed by atoms with Crippen LogP contribution >= 0.6 is 0 Å². The van der Waals surface area contributed by atoms with Crippen molar-refractivity contribution in [3.8, 4) is 11.4 Å². The highest BCUT2D eigenvalue weighted by Gasteiger charge is 2.11. The molecule has 0 spiro atoms. The maximum atomic E-state index is 5.82. The lowest BCUT2D eigenvalue weighted by atomic mass is 10.2. The van der Waals surface area contributed by atoms with E-state index >= 15 is 0 Å². The highest BCUT2D eigenvalue weighted by atomic mass is 15.1. The van der Waals surface area contributed by atoms with E-state index in [4.69, 9.17) is 11.5 Å². The molecule has 96 valence electrons. The fraction of sp³-hybridized carbons (Fsp3) is 0.133. The summed E-state index contributed by atoms with van der Waals surface area (Å²) in [5.74, 6) is 0.947. The van der Waals surface area contributed by atoms with Crippen LogP contribution in [0.25, 0.3) is 22.4 Å². The molecular weight excluding hydrogens is 236 g/mol. The van der Waals surface area contributed by atoms with Gasteiger partial charge in [0.2, 0.25) is 0 Å². The van der Waals surface area contributed by atoms with E-state index in [1.54, 1.807) is 0 Å². The highest BCUT2D eigenvalue weighted by molar-refractivity contribution is 5.83. The molecule has 0 saturated heterocycles. The van der Waals surface area contributed by atoms with Crippen molar-refractivity contribution in [1.29, 1.82) is 0 Å². The number of hydrogen-bond donors (Lipinski definition) is 2. The smallest absolute Gasteiger partial charge is 0.141 e. The maximum Gasteiger partial charge on any atom is 0.141 e. The number of fused-ring (bicyclic) bond motifs is 1. The number of aryl methyl sites for hydroxylation is 1. The van der Waals surface area contributed by atoms with Gasteiger partial charge >= 0.3 is 0 Å². The molecule has 0 aliphatic carbocycles. The summed E-state index contributed by atoms with van der Waals surface area (Å²) in [6.45, 7) is 2.97. The number of rotatable bonds is 2. The van der Waals surface area contributed by atoms with Crippen LogP contribution in [0.15, 0.2) is 42.5 Å². The number of nitrogen functional groups attached to an aromatic ring is 2. The standard InChI is InChI=1S/C15H16N4/c1-2-19-14-8-7-12(17)9-13(14)18-15(19)10-3-5-11(16)6-4-10/h3-9H,2,16-17H2,1H3. The monoisotopic (exact) mass is 252 g/mol. The zero-order valence-electron chi connectivity index (χ0n) is 10.8. The average molecular weight is 252 g/mol. The minimum atomic E-state index is 0.733. The summed E-state index contributed by atoms with van der Waals surface area (Å²) < 4.78 is 2.18. The second-order valence-electron chi connectivity index (χ2n) is 4.55. The molecule has 3 rings (SSSR count). The van der Waals surface area contributed by atoms with Crippen LogP contribution in [0.5, 0.6) is 0 Å². The van der Waals surface area contributed by atoms with E-state index in [9.17, 15) is 0 Å². The molecule has 1 aromatic heterocycles. The van der Waals surface area contributed by atoms with E-state index in [2.05, 4.69) is 16.5 Å². The van der Waals surface area contributed by atoms with Gasteiger partial charge in [0, 0.05) is 23.5 Å². The Morgan fingerprint density at radius 2 is 1.68 bits per heavy atom. The first-order valence-corrected chi connectivity index (χ1v) is 6.30. The van der Waals surface area contributed by atoms with Crippen molar-refractivity contribution < 1.29 is 0 Å². The van der Waals surface area contributed by atoms with E-state index in [0.717, 1.165) is 40.3 Å². The molecule has 19 heavy (non-hydrogen) atoms. The lowest BCUT2D eigenvalue weighted by Gasteiger charge is -2.06. The molecule has 0 aliphatic rings. The molecule has 4 heteroatoms. The number of benzene rings is 2. The first-order valence-electron chi connectivity index (χ1n) is 6.30. The molecule has 0 atom stereocenters. The van der Waals surface area contributed by atoms with Crippen LogP contribution in [0.4, 0.5) is 11.4 Å². The van der Waals surface area contributed by atoms with Crippen molar-refractivity contribution >= 4 is 22.4 Å². The van der Waals surface area contributed by atoms with Gasteiger partial charge in [-0.15, -0.1) is 0 Å². The van der Waals surface area contributed by atoms with Crippen LogP contribution in [-0.2, 0) is 6.54 Å².